The second-order valence-corrected chi connectivity index (χ2v) is 6.32. The second kappa shape index (κ2) is 9.57. The Morgan fingerprint density at radius 1 is 1.14 bits per heavy atom. The zero-order chi connectivity index (χ0) is 20.7. The fourth-order valence-electron chi connectivity index (χ4n) is 2.52. The van der Waals surface area contributed by atoms with Crippen molar-refractivity contribution >= 4 is 5.97 Å². The normalized spacial score (nSPS) is 13.8. The van der Waals surface area contributed by atoms with Crippen molar-refractivity contribution in [3.63, 3.8) is 0 Å². The summed E-state index contributed by atoms with van der Waals surface area (Å²) in [6.45, 7) is 2.34. The van der Waals surface area contributed by atoms with Gasteiger partial charge in [-0.1, -0.05) is 24.3 Å². The van der Waals surface area contributed by atoms with Crippen LogP contribution in [-0.4, -0.2) is 35.9 Å². The van der Waals surface area contributed by atoms with E-state index in [1.54, 1.807) is 31.2 Å². The largest absolute Gasteiger partial charge is 0.492 e. The zero-order valence-corrected chi connectivity index (χ0v) is 15.2. The van der Waals surface area contributed by atoms with Crippen LogP contribution in [0.5, 0.6) is 5.75 Å². The average molecular weight is 397 g/mol. The van der Waals surface area contributed by atoms with E-state index in [2.05, 4.69) is 5.32 Å². The predicted molar refractivity (Wildman–Crippen MR) is 97.3 cm³/mol. The lowest BCUT2D eigenvalue weighted by atomic mass is 10.0. The Morgan fingerprint density at radius 2 is 1.82 bits per heavy atom. The molecule has 0 aliphatic rings. The third-order valence-corrected chi connectivity index (χ3v) is 4.23. The average Bonchev–Trinajstić information content (AvgIpc) is 2.67. The van der Waals surface area contributed by atoms with E-state index in [0.717, 1.165) is 12.1 Å². The molecule has 0 aliphatic carbocycles. The minimum atomic E-state index is -4.45. The molecule has 3 N–H and O–H groups in total. The number of carboxylic acid groups (broad SMARTS) is 1. The summed E-state index contributed by atoms with van der Waals surface area (Å²) >= 11 is 0. The lowest BCUT2D eigenvalue weighted by Gasteiger charge is -2.15. The molecule has 0 aliphatic heterocycles. The number of rotatable bonds is 9. The third-order valence-electron chi connectivity index (χ3n) is 4.23. The molecule has 0 radical (unpaired) electrons. The lowest BCUT2D eigenvalue weighted by Crippen LogP contribution is -2.26. The molecular weight excluding hydrogens is 375 g/mol. The van der Waals surface area contributed by atoms with E-state index in [0.29, 0.717) is 17.9 Å². The van der Waals surface area contributed by atoms with Gasteiger partial charge >= 0.3 is 12.1 Å². The number of hydrogen-bond acceptors (Lipinski definition) is 4. The topological polar surface area (TPSA) is 78.8 Å². The van der Waals surface area contributed by atoms with Gasteiger partial charge in [0.15, 0.2) is 0 Å². The molecule has 8 heteroatoms. The van der Waals surface area contributed by atoms with Crippen LogP contribution in [0.4, 0.5) is 13.2 Å². The van der Waals surface area contributed by atoms with E-state index >= 15 is 0 Å². The van der Waals surface area contributed by atoms with Crippen molar-refractivity contribution in [1.29, 1.82) is 0 Å². The number of ether oxygens (including phenoxy) is 1. The van der Waals surface area contributed by atoms with Crippen molar-refractivity contribution in [3.05, 3.63) is 65.2 Å². The Hall–Kier alpha value is -2.58. The number of aliphatic hydroxyl groups excluding tert-OH is 1. The fraction of sp³-hybridized carbons (Fsp3) is 0.350. The minimum Gasteiger partial charge on any atom is -0.492 e. The van der Waals surface area contributed by atoms with E-state index in [1.807, 2.05) is 0 Å². The van der Waals surface area contributed by atoms with E-state index in [1.165, 1.54) is 12.1 Å². The number of hydrogen-bond donors (Lipinski definition) is 3. The summed E-state index contributed by atoms with van der Waals surface area (Å²) in [5.41, 5.74) is 0.0570. The highest BCUT2D eigenvalue weighted by Gasteiger charge is 2.30. The van der Waals surface area contributed by atoms with Crippen molar-refractivity contribution in [1.82, 2.24) is 5.32 Å². The minimum absolute atomic E-state index is 0.0831. The van der Waals surface area contributed by atoms with Crippen LogP contribution in [0.2, 0.25) is 0 Å². The molecule has 0 bridgehead atoms. The summed E-state index contributed by atoms with van der Waals surface area (Å²) in [6, 6.07) is 11.3. The molecular formula is C20H22F3NO4. The fourth-order valence-corrected chi connectivity index (χ4v) is 2.52. The van der Waals surface area contributed by atoms with Gasteiger partial charge < -0.3 is 20.3 Å². The number of carbonyl (C=O) groups is 1. The molecule has 0 heterocycles. The Balaban J connectivity index is 1.75. The van der Waals surface area contributed by atoms with Crippen molar-refractivity contribution < 1.29 is 32.9 Å². The maximum absolute atomic E-state index is 12.7. The van der Waals surface area contributed by atoms with Crippen LogP contribution in [-0.2, 0) is 11.0 Å². The van der Waals surface area contributed by atoms with E-state index < -0.39 is 29.7 Å². The van der Waals surface area contributed by atoms with Gasteiger partial charge in [-0.25, -0.2) is 0 Å². The molecule has 28 heavy (non-hydrogen) atoms. The maximum atomic E-state index is 12.7. The zero-order valence-electron chi connectivity index (χ0n) is 15.2. The van der Waals surface area contributed by atoms with Gasteiger partial charge in [0.05, 0.1) is 17.6 Å². The molecule has 0 fully saturated rings. The quantitative estimate of drug-likeness (QED) is 0.564. The number of carboxylic acids is 1. The van der Waals surface area contributed by atoms with Crippen molar-refractivity contribution in [2.45, 2.75) is 25.1 Å². The number of aliphatic carboxylic acids is 1. The SMILES string of the molecule is CC(C(=O)O)c1ccc(OCCNC[C@H](O)c2cccc(C(F)(F)F)c2)cc1. The smallest absolute Gasteiger partial charge is 0.416 e. The van der Waals surface area contributed by atoms with Crippen LogP contribution in [0.15, 0.2) is 48.5 Å². The summed E-state index contributed by atoms with van der Waals surface area (Å²) in [5, 5.41) is 21.9. The van der Waals surface area contributed by atoms with Gasteiger partial charge in [0.1, 0.15) is 12.4 Å². The molecule has 0 saturated heterocycles. The molecule has 0 amide bonds. The summed E-state index contributed by atoms with van der Waals surface area (Å²) < 4.78 is 43.6. The first-order valence-corrected chi connectivity index (χ1v) is 8.70. The first kappa shape index (κ1) is 21.7. The van der Waals surface area contributed by atoms with Crippen molar-refractivity contribution in [2.24, 2.45) is 0 Å². The van der Waals surface area contributed by atoms with Gasteiger partial charge in [-0.2, -0.15) is 13.2 Å². The Labute approximate surface area is 160 Å². The standard InChI is InChI=1S/C20H22F3NO4/c1-13(19(26)27)14-5-7-17(8-6-14)28-10-9-24-12-18(25)15-3-2-4-16(11-15)20(21,22)23/h2-8,11,13,18,24-25H,9-10,12H2,1H3,(H,26,27)/t13?,18-/m0/s1. The van der Waals surface area contributed by atoms with Gasteiger partial charge in [0.2, 0.25) is 0 Å². The van der Waals surface area contributed by atoms with Crippen molar-refractivity contribution in [2.75, 3.05) is 19.7 Å². The molecule has 2 rings (SSSR count). The summed E-state index contributed by atoms with van der Waals surface area (Å²) in [6.07, 6.45) is -5.52. The van der Waals surface area contributed by atoms with Crippen LogP contribution >= 0.6 is 0 Å². The number of alkyl halides is 3. The van der Waals surface area contributed by atoms with Crippen LogP contribution in [0.25, 0.3) is 0 Å². The van der Waals surface area contributed by atoms with E-state index in [4.69, 9.17) is 9.84 Å². The van der Waals surface area contributed by atoms with E-state index in [-0.39, 0.29) is 18.7 Å². The first-order chi connectivity index (χ1) is 13.2. The molecule has 5 nitrogen and oxygen atoms in total. The molecule has 0 spiro atoms. The second-order valence-electron chi connectivity index (χ2n) is 6.32. The number of nitrogens with one attached hydrogen (secondary N) is 1. The van der Waals surface area contributed by atoms with Gasteiger partial charge in [-0.15, -0.1) is 0 Å². The molecule has 2 atom stereocenters. The third kappa shape index (κ3) is 6.24. The summed E-state index contributed by atoms with van der Waals surface area (Å²) in [4.78, 5) is 10.9. The monoisotopic (exact) mass is 397 g/mol. The van der Waals surface area contributed by atoms with Crippen LogP contribution in [0.3, 0.4) is 0 Å². The van der Waals surface area contributed by atoms with Gasteiger partial charge in [0, 0.05) is 13.1 Å². The molecule has 0 aromatic heterocycles. The molecule has 2 aromatic rings. The van der Waals surface area contributed by atoms with E-state index in [9.17, 15) is 23.1 Å². The number of aliphatic hydroxyl groups is 1. The first-order valence-electron chi connectivity index (χ1n) is 8.70. The molecule has 1 unspecified atom stereocenters. The molecule has 2 aromatic carbocycles. The molecule has 0 saturated carbocycles. The summed E-state index contributed by atoms with van der Waals surface area (Å²) in [5.74, 6) is -0.938. The highest BCUT2D eigenvalue weighted by Crippen LogP contribution is 2.30. The Morgan fingerprint density at radius 3 is 2.43 bits per heavy atom. The maximum Gasteiger partial charge on any atom is 0.416 e. The molecule has 152 valence electrons. The van der Waals surface area contributed by atoms with Gasteiger partial charge in [-0.3, -0.25) is 4.79 Å². The number of benzene rings is 2. The van der Waals surface area contributed by atoms with Crippen LogP contribution in [0, 0.1) is 0 Å². The Kier molecular flexibility index (Phi) is 7.42. The number of halogens is 3. The lowest BCUT2D eigenvalue weighted by molar-refractivity contribution is -0.139. The highest BCUT2D eigenvalue weighted by molar-refractivity contribution is 5.75. The van der Waals surface area contributed by atoms with Crippen LogP contribution in [0.1, 0.15) is 35.6 Å². The van der Waals surface area contributed by atoms with Gasteiger partial charge in [-0.05, 0) is 42.3 Å². The highest BCUT2D eigenvalue weighted by atomic mass is 19.4. The van der Waals surface area contributed by atoms with Crippen molar-refractivity contribution in [3.8, 4) is 5.75 Å². The predicted octanol–water partition coefficient (Wildman–Crippen LogP) is 3.60. The Bertz CT molecular complexity index is 778. The van der Waals surface area contributed by atoms with Crippen LogP contribution < -0.4 is 10.1 Å². The summed E-state index contributed by atoms with van der Waals surface area (Å²) in [7, 11) is 0. The van der Waals surface area contributed by atoms with Gasteiger partial charge in [0.25, 0.3) is 0 Å².